The molecule has 1 aromatic carbocycles. The van der Waals surface area contributed by atoms with Gasteiger partial charge in [-0.3, -0.25) is 4.79 Å². The maximum absolute atomic E-state index is 12.3. The first-order valence-corrected chi connectivity index (χ1v) is 9.76. The fourth-order valence-corrected chi connectivity index (χ4v) is 3.68. The van der Waals surface area contributed by atoms with Gasteiger partial charge in [0.05, 0.1) is 11.7 Å². The van der Waals surface area contributed by atoms with E-state index in [1.807, 2.05) is 31.2 Å². The largest absolute Gasteiger partial charge is 0.346 e. The highest BCUT2D eigenvalue weighted by molar-refractivity contribution is 9.10. The molecule has 1 saturated carbocycles. The zero-order valence-corrected chi connectivity index (χ0v) is 16.1. The highest BCUT2D eigenvalue weighted by Gasteiger charge is 2.19. The molecule has 6 nitrogen and oxygen atoms in total. The van der Waals surface area contributed by atoms with E-state index >= 15 is 0 Å². The van der Waals surface area contributed by atoms with Crippen molar-refractivity contribution in [2.45, 2.75) is 57.9 Å². The molecule has 1 N–H and O–H groups in total. The molecule has 0 saturated heterocycles. The minimum Gasteiger partial charge on any atom is -0.346 e. The summed E-state index contributed by atoms with van der Waals surface area (Å²) in [4.78, 5) is 12.3. The molecule has 1 heterocycles. The molecule has 1 fully saturated rings. The van der Waals surface area contributed by atoms with Crippen molar-refractivity contribution in [2.75, 3.05) is 0 Å². The summed E-state index contributed by atoms with van der Waals surface area (Å²) in [5, 5.41) is 14.9. The van der Waals surface area contributed by atoms with E-state index in [-0.39, 0.29) is 11.9 Å². The molecule has 3 rings (SSSR count). The minimum absolute atomic E-state index is 0.0726. The van der Waals surface area contributed by atoms with Crippen LogP contribution in [0.2, 0.25) is 0 Å². The Labute approximate surface area is 156 Å². The van der Waals surface area contributed by atoms with E-state index in [4.69, 9.17) is 0 Å². The lowest BCUT2D eigenvalue weighted by atomic mass is 9.86. The second-order valence-corrected chi connectivity index (χ2v) is 7.67. The Morgan fingerprint density at radius 3 is 2.72 bits per heavy atom. The molecule has 1 aliphatic carbocycles. The third-order valence-corrected chi connectivity index (χ3v) is 5.36. The Morgan fingerprint density at radius 1 is 1.28 bits per heavy atom. The van der Waals surface area contributed by atoms with Gasteiger partial charge in [-0.2, -0.15) is 4.68 Å². The molecule has 0 aliphatic heterocycles. The Kier molecular flexibility index (Phi) is 6.18. The van der Waals surface area contributed by atoms with Crippen LogP contribution in [0.5, 0.6) is 0 Å². The normalized spacial score (nSPS) is 16.6. The molecule has 0 bridgehead atoms. The van der Waals surface area contributed by atoms with Crippen LogP contribution in [-0.2, 0) is 4.79 Å². The van der Waals surface area contributed by atoms with Gasteiger partial charge in [-0.15, -0.1) is 5.10 Å². The van der Waals surface area contributed by atoms with Crippen molar-refractivity contribution >= 4 is 21.8 Å². The summed E-state index contributed by atoms with van der Waals surface area (Å²) in [6.45, 7) is 1.92. The Bertz CT molecular complexity index is 694. The quantitative estimate of drug-likeness (QED) is 0.788. The van der Waals surface area contributed by atoms with Gasteiger partial charge in [0.25, 0.3) is 0 Å². The molecular formula is C18H24BrN5O. The van der Waals surface area contributed by atoms with Gasteiger partial charge in [0.1, 0.15) is 0 Å². The van der Waals surface area contributed by atoms with Crippen molar-refractivity contribution in [3.8, 4) is 5.69 Å². The molecule has 0 spiro atoms. The number of halogens is 1. The van der Waals surface area contributed by atoms with Gasteiger partial charge in [-0.05, 0) is 54.0 Å². The lowest BCUT2D eigenvalue weighted by Gasteiger charge is -2.21. The molecule has 134 valence electrons. The summed E-state index contributed by atoms with van der Waals surface area (Å²) in [5.41, 5.74) is 0.867. The van der Waals surface area contributed by atoms with E-state index in [1.54, 1.807) is 4.68 Å². The molecule has 1 unspecified atom stereocenters. The van der Waals surface area contributed by atoms with E-state index < -0.39 is 0 Å². The van der Waals surface area contributed by atoms with Crippen molar-refractivity contribution in [3.05, 3.63) is 34.6 Å². The third kappa shape index (κ3) is 4.87. The van der Waals surface area contributed by atoms with Crippen LogP contribution in [0.15, 0.2) is 28.7 Å². The number of nitrogens with zero attached hydrogens (tertiary/aromatic N) is 4. The van der Waals surface area contributed by atoms with E-state index in [1.165, 1.54) is 32.1 Å². The summed E-state index contributed by atoms with van der Waals surface area (Å²) in [7, 11) is 0. The molecule has 7 heteroatoms. The van der Waals surface area contributed by atoms with Crippen LogP contribution in [0, 0.1) is 5.92 Å². The lowest BCUT2D eigenvalue weighted by molar-refractivity contribution is -0.122. The van der Waals surface area contributed by atoms with E-state index in [9.17, 15) is 4.79 Å². The monoisotopic (exact) mass is 405 g/mol. The van der Waals surface area contributed by atoms with Crippen molar-refractivity contribution in [1.29, 1.82) is 0 Å². The van der Waals surface area contributed by atoms with Gasteiger partial charge in [0.2, 0.25) is 5.91 Å². The fourth-order valence-electron chi connectivity index (χ4n) is 3.42. The van der Waals surface area contributed by atoms with Gasteiger partial charge in [-0.25, -0.2) is 0 Å². The van der Waals surface area contributed by atoms with E-state index in [0.29, 0.717) is 18.2 Å². The van der Waals surface area contributed by atoms with Crippen LogP contribution >= 0.6 is 15.9 Å². The second kappa shape index (κ2) is 8.56. The zero-order valence-electron chi connectivity index (χ0n) is 14.5. The average Bonchev–Trinajstić information content (AvgIpc) is 3.11. The predicted molar refractivity (Wildman–Crippen MR) is 99.2 cm³/mol. The van der Waals surface area contributed by atoms with Crippen LogP contribution in [0.3, 0.4) is 0 Å². The number of hydrogen-bond donors (Lipinski definition) is 1. The van der Waals surface area contributed by atoms with E-state index in [0.717, 1.165) is 16.6 Å². The van der Waals surface area contributed by atoms with Crippen molar-refractivity contribution in [3.63, 3.8) is 0 Å². The molecule has 0 radical (unpaired) electrons. The number of benzene rings is 1. The van der Waals surface area contributed by atoms with Gasteiger partial charge in [-0.1, -0.05) is 48.0 Å². The van der Waals surface area contributed by atoms with Crippen LogP contribution < -0.4 is 5.32 Å². The average molecular weight is 406 g/mol. The van der Waals surface area contributed by atoms with E-state index in [2.05, 4.69) is 36.8 Å². The smallest absolute Gasteiger partial charge is 0.220 e. The standard InChI is InChI=1S/C18H24BrN5O/c1-13(20-17(25)12-7-14-5-3-2-4-6-14)18-21-22-23-24(18)16-10-8-15(19)9-11-16/h8-11,13-14H,2-7,12H2,1H3,(H,20,25). The van der Waals surface area contributed by atoms with Crippen molar-refractivity contribution < 1.29 is 4.79 Å². The summed E-state index contributed by atoms with van der Waals surface area (Å²) < 4.78 is 2.66. The first-order valence-electron chi connectivity index (χ1n) is 8.97. The molecule has 25 heavy (non-hydrogen) atoms. The number of carbonyl (C=O) groups is 1. The van der Waals surface area contributed by atoms with Crippen molar-refractivity contribution in [1.82, 2.24) is 25.5 Å². The number of amides is 1. The highest BCUT2D eigenvalue weighted by Crippen LogP contribution is 2.27. The minimum atomic E-state index is -0.238. The molecule has 1 atom stereocenters. The Hall–Kier alpha value is -1.76. The Morgan fingerprint density at radius 2 is 2.00 bits per heavy atom. The zero-order chi connectivity index (χ0) is 17.6. The van der Waals surface area contributed by atoms with Crippen LogP contribution in [0.1, 0.15) is 63.7 Å². The van der Waals surface area contributed by atoms with Gasteiger partial charge in [0, 0.05) is 10.9 Å². The molecule has 1 aliphatic rings. The number of hydrogen-bond acceptors (Lipinski definition) is 4. The van der Waals surface area contributed by atoms with Crippen LogP contribution in [0.4, 0.5) is 0 Å². The summed E-state index contributed by atoms with van der Waals surface area (Å²) in [6.07, 6.45) is 8.06. The molecular weight excluding hydrogens is 382 g/mol. The predicted octanol–water partition coefficient (Wildman–Crippen LogP) is 3.96. The first kappa shape index (κ1) is 18.0. The molecule has 1 amide bonds. The number of rotatable bonds is 6. The fraction of sp³-hybridized carbons (Fsp3) is 0.556. The molecule has 2 aromatic rings. The first-order chi connectivity index (χ1) is 12.1. The van der Waals surface area contributed by atoms with Crippen LogP contribution in [0.25, 0.3) is 5.69 Å². The van der Waals surface area contributed by atoms with Crippen molar-refractivity contribution in [2.24, 2.45) is 5.92 Å². The van der Waals surface area contributed by atoms with Gasteiger partial charge in [0.15, 0.2) is 5.82 Å². The van der Waals surface area contributed by atoms with Crippen LogP contribution in [-0.4, -0.2) is 26.1 Å². The number of aromatic nitrogens is 4. The maximum Gasteiger partial charge on any atom is 0.220 e. The summed E-state index contributed by atoms with van der Waals surface area (Å²) in [6, 6.07) is 7.50. The summed E-state index contributed by atoms with van der Waals surface area (Å²) >= 11 is 3.42. The Balaban J connectivity index is 1.58. The SMILES string of the molecule is CC(NC(=O)CCC1CCCCC1)c1nnnn1-c1ccc(Br)cc1. The number of tetrazole rings is 1. The third-order valence-electron chi connectivity index (χ3n) is 4.83. The maximum atomic E-state index is 12.3. The van der Waals surface area contributed by atoms with Gasteiger partial charge >= 0.3 is 0 Å². The second-order valence-electron chi connectivity index (χ2n) is 6.76. The molecule has 1 aromatic heterocycles. The number of carbonyl (C=O) groups excluding carboxylic acids is 1. The number of nitrogens with one attached hydrogen (secondary N) is 1. The topological polar surface area (TPSA) is 72.7 Å². The lowest BCUT2D eigenvalue weighted by Crippen LogP contribution is -2.29. The summed E-state index contributed by atoms with van der Waals surface area (Å²) in [5.74, 6) is 1.42. The van der Waals surface area contributed by atoms with Gasteiger partial charge < -0.3 is 5.32 Å². The highest BCUT2D eigenvalue weighted by atomic mass is 79.9.